The van der Waals surface area contributed by atoms with Crippen molar-refractivity contribution in [1.82, 2.24) is 5.32 Å². The lowest BCUT2D eigenvalue weighted by Crippen LogP contribution is -2.42. The number of aliphatic hydroxyl groups is 1. The second-order valence-corrected chi connectivity index (χ2v) is 5.63. The van der Waals surface area contributed by atoms with Crippen molar-refractivity contribution in [2.24, 2.45) is 0 Å². The highest BCUT2D eigenvalue weighted by molar-refractivity contribution is 5.56. The quantitative estimate of drug-likeness (QED) is 0.758. The highest BCUT2D eigenvalue weighted by Gasteiger charge is 2.30. The Morgan fingerprint density at radius 1 is 1.13 bits per heavy atom. The molecule has 1 heterocycles. The van der Waals surface area contributed by atoms with Crippen molar-refractivity contribution in [3.63, 3.8) is 0 Å². The third-order valence-electron chi connectivity index (χ3n) is 3.98. The third kappa shape index (κ3) is 3.65. The molecule has 0 radical (unpaired) electrons. The van der Waals surface area contributed by atoms with Crippen molar-refractivity contribution in [1.29, 1.82) is 0 Å². The molecular formula is C17H17F3N2O. The van der Waals surface area contributed by atoms with Crippen molar-refractivity contribution in [3.8, 4) is 0 Å². The minimum absolute atomic E-state index is 0.151. The Morgan fingerprint density at radius 2 is 1.83 bits per heavy atom. The number of fused-ring (bicyclic) bond motifs is 1. The van der Waals surface area contributed by atoms with Gasteiger partial charge in [0.05, 0.1) is 11.6 Å². The van der Waals surface area contributed by atoms with Crippen LogP contribution in [0, 0.1) is 0 Å². The Kier molecular flexibility index (Phi) is 4.28. The van der Waals surface area contributed by atoms with Crippen LogP contribution in [0.3, 0.4) is 0 Å². The topological polar surface area (TPSA) is 44.3 Å². The van der Waals surface area contributed by atoms with Gasteiger partial charge in [0.2, 0.25) is 0 Å². The molecule has 122 valence electrons. The van der Waals surface area contributed by atoms with Crippen molar-refractivity contribution < 1.29 is 18.3 Å². The molecule has 3 rings (SSSR count). The molecule has 3 N–H and O–H groups in total. The molecule has 0 aromatic heterocycles. The molecule has 0 saturated heterocycles. The Morgan fingerprint density at radius 3 is 2.48 bits per heavy atom. The molecule has 3 nitrogen and oxygen atoms in total. The normalized spacial score (nSPS) is 18.3. The van der Waals surface area contributed by atoms with E-state index >= 15 is 0 Å². The summed E-state index contributed by atoms with van der Waals surface area (Å²) in [5.74, 6) is 0. The summed E-state index contributed by atoms with van der Waals surface area (Å²) in [6.45, 7) is 0.299. The van der Waals surface area contributed by atoms with E-state index in [-0.39, 0.29) is 6.04 Å². The molecule has 0 spiro atoms. The van der Waals surface area contributed by atoms with Gasteiger partial charge < -0.3 is 10.4 Å². The number of hydrogen-bond acceptors (Lipinski definition) is 3. The molecule has 2 aromatic rings. The van der Waals surface area contributed by atoms with Gasteiger partial charge in [-0.15, -0.1) is 0 Å². The minimum Gasteiger partial charge on any atom is -0.378 e. The van der Waals surface area contributed by atoms with Crippen LogP contribution in [0.1, 0.15) is 16.7 Å². The summed E-state index contributed by atoms with van der Waals surface area (Å²) in [6, 6.07) is 12.6. The second kappa shape index (κ2) is 6.22. The largest absolute Gasteiger partial charge is 0.416 e. The van der Waals surface area contributed by atoms with Gasteiger partial charge in [-0.2, -0.15) is 13.2 Å². The Hall–Kier alpha value is -2.05. The lowest BCUT2D eigenvalue weighted by molar-refractivity contribution is -0.137. The zero-order valence-electron chi connectivity index (χ0n) is 12.3. The highest BCUT2D eigenvalue weighted by Crippen LogP contribution is 2.29. The fourth-order valence-corrected chi connectivity index (χ4v) is 2.69. The summed E-state index contributed by atoms with van der Waals surface area (Å²) in [4.78, 5) is 0. The predicted molar refractivity (Wildman–Crippen MR) is 81.8 cm³/mol. The SMILES string of the molecule is OC(NCc1ccc(C(F)(F)F)cc1)C1Cc2ccccc2N1. The summed E-state index contributed by atoms with van der Waals surface area (Å²) < 4.78 is 37.5. The summed E-state index contributed by atoms with van der Waals surface area (Å²) in [5, 5.41) is 16.4. The van der Waals surface area contributed by atoms with E-state index in [4.69, 9.17) is 0 Å². The van der Waals surface area contributed by atoms with Gasteiger partial charge in [0.25, 0.3) is 0 Å². The highest BCUT2D eigenvalue weighted by atomic mass is 19.4. The van der Waals surface area contributed by atoms with Crippen molar-refractivity contribution in [2.75, 3.05) is 5.32 Å². The third-order valence-corrected chi connectivity index (χ3v) is 3.98. The van der Waals surface area contributed by atoms with Crippen LogP contribution < -0.4 is 10.6 Å². The molecule has 0 aliphatic carbocycles. The van der Waals surface area contributed by atoms with Gasteiger partial charge in [-0.1, -0.05) is 30.3 Å². The first-order valence-corrected chi connectivity index (χ1v) is 7.35. The number of halogens is 3. The smallest absolute Gasteiger partial charge is 0.378 e. The van der Waals surface area contributed by atoms with E-state index in [1.165, 1.54) is 12.1 Å². The molecule has 1 aliphatic heterocycles. The summed E-state index contributed by atoms with van der Waals surface area (Å²) in [5.41, 5.74) is 2.17. The number of rotatable bonds is 4. The Balaban J connectivity index is 1.55. The summed E-state index contributed by atoms with van der Waals surface area (Å²) in [7, 11) is 0. The van der Waals surface area contributed by atoms with Gasteiger partial charge >= 0.3 is 6.18 Å². The van der Waals surface area contributed by atoms with Crippen molar-refractivity contribution in [3.05, 3.63) is 65.2 Å². The molecule has 0 saturated carbocycles. The first kappa shape index (κ1) is 15.8. The monoisotopic (exact) mass is 322 g/mol. The van der Waals surface area contributed by atoms with E-state index in [0.717, 1.165) is 23.4 Å². The molecule has 2 aromatic carbocycles. The molecule has 2 unspecified atom stereocenters. The lowest BCUT2D eigenvalue weighted by Gasteiger charge is -2.20. The van der Waals surface area contributed by atoms with Crippen LogP contribution in [0.15, 0.2) is 48.5 Å². The van der Waals surface area contributed by atoms with Crippen LogP contribution >= 0.6 is 0 Å². The average Bonchev–Trinajstić information content (AvgIpc) is 2.96. The summed E-state index contributed by atoms with van der Waals surface area (Å²) in [6.07, 6.45) is -4.41. The molecule has 2 atom stereocenters. The fraction of sp³-hybridized carbons (Fsp3) is 0.294. The number of benzene rings is 2. The zero-order chi connectivity index (χ0) is 16.4. The van der Waals surface area contributed by atoms with Gasteiger partial charge in [0.1, 0.15) is 6.23 Å². The first-order chi connectivity index (χ1) is 10.9. The van der Waals surface area contributed by atoms with Crippen LogP contribution in [0.4, 0.5) is 18.9 Å². The predicted octanol–water partition coefficient (Wildman–Crippen LogP) is 3.15. The van der Waals surface area contributed by atoms with Crippen LogP contribution in [-0.4, -0.2) is 17.4 Å². The number of anilines is 1. The van der Waals surface area contributed by atoms with Gasteiger partial charge in [-0.05, 0) is 35.7 Å². The average molecular weight is 322 g/mol. The maximum Gasteiger partial charge on any atom is 0.416 e. The molecule has 23 heavy (non-hydrogen) atoms. The van der Waals surface area contributed by atoms with Gasteiger partial charge in [0.15, 0.2) is 0 Å². The fourth-order valence-electron chi connectivity index (χ4n) is 2.69. The number of para-hydroxylation sites is 1. The number of nitrogens with one attached hydrogen (secondary N) is 2. The maximum atomic E-state index is 12.5. The van der Waals surface area contributed by atoms with Crippen LogP contribution in [-0.2, 0) is 19.1 Å². The van der Waals surface area contributed by atoms with Gasteiger partial charge in [0, 0.05) is 12.2 Å². The van der Waals surface area contributed by atoms with Gasteiger partial charge in [-0.3, -0.25) is 5.32 Å². The molecule has 0 bridgehead atoms. The van der Waals surface area contributed by atoms with Crippen LogP contribution in [0.5, 0.6) is 0 Å². The molecule has 0 amide bonds. The van der Waals surface area contributed by atoms with E-state index in [1.807, 2.05) is 24.3 Å². The van der Waals surface area contributed by atoms with Gasteiger partial charge in [-0.25, -0.2) is 0 Å². The molecule has 6 heteroatoms. The first-order valence-electron chi connectivity index (χ1n) is 7.35. The maximum absolute atomic E-state index is 12.5. The Labute approximate surface area is 132 Å². The molecule has 0 fully saturated rings. The Bertz CT molecular complexity index is 645. The van der Waals surface area contributed by atoms with E-state index in [0.29, 0.717) is 18.5 Å². The van der Waals surface area contributed by atoms with E-state index in [2.05, 4.69) is 10.6 Å². The zero-order valence-corrected chi connectivity index (χ0v) is 12.3. The van der Waals surface area contributed by atoms with E-state index < -0.39 is 18.0 Å². The molecular weight excluding hydrogens is 305 g/mol. The van der Waals surface area contributed by atoms with Crippen molar-refractivity contribution >= 4 is 5.69 Å². The molecule has 1 aliphatic rings. The summed E-state index contributed by atoms with van der Waals surface area (Å²) >= 11 is 0. The van der Waals surface area contributed by atoms with E-state index in [9.17, 15) is 18.3 Å². The van der Waals surface area contributed by atoms with E-state index in [1.54, 1.807) is 0 Å². The van der Waals surface area contributed by atoms with Crippen LogP contribution in [0.2, 0.25) is 0 Å². The van der Waals surface area contributed by atoms with Crippen molar-refractivity contribution in [2.45, 2.75) is 31.4 Å². The standard InChI is InChI=1S/C17H17F3N2O/c18-17(19,20)13-7-5-11(6-8-13)10-21-16(23)15-9-12-3-1-2-4-14(12)22-15/h1-8,15-16,21-23H,9-10H2. The van der Waals surface area contributed by atoms with Crippen LogP contribution in [0.25, 0.3) is 0 Å². The minimum atomic E-state index is -4.33. The lowest BCUT2D eigenvalue weighted by atomic mass is 10.1. The second-order valence-electron chi connectivity index (χ2n) is 5.63. The number of alkyl halides is 3. The number of aliphatic hydroxyl groups excluding tert-OH is 1. The number of hydrogen-bond donors (Lipinski definition) is 3.